The second-order valence-corrected chi connectivity index (χ2v) is 6.28. The molecular formula is C22H22FNO2. The van der Waals surface area contributed by atoms with Gasteiger partial charge in [0.05, 0.1) is 13.0 Å². The summed E-state index contributed by atoms with van der Waals surface area (Å²) >= 11 is 0. The molecule has 0 bridgehead atoms. The maximum atomic E-state index is 13.1. The minimum atomic E-state index is -0.277. The van der Waals surface area contributed by atoms with E-state index in [2.05, 4.69) is 5.32 Å². The summed E-state index contributed by atoms with van der Waals surface area (Å²) in [6, 6.07) is 13.9. The number of methoxy groups -OCH3 is 1. The van der Waals surface area contributed by atoms with Gasteiger partial charge in [0.25, 0.3) is 0 Å². The van der Waals surface area contributed by atoms with Crippen molar-refractivity contribution in [2.75, 3.05) is 20.2 Å². The molecule has 1 aliphatic heterocycles. The van der Waals surface area contributed by atoms with E-state index in [0.29, 0.717) is 13.0 Å². The highest BCUT2D eigenvalue weighted by molar-refractivity contribution is 6.02. The number of ether oxygens (including phenoxy) is 1. The van der Waals surface area contributed by atoms with E-state index >= 15 is 0 Å². The quantitative estimate of drug-likeness (QED) is 0.843. The first kappa shape index (κ1) is 18.1. The van der Waals surface area contributed by atoms with Crippen molar-refractivity contribution in [3.05, 3.63) is 77.1 Å². The number of hydrogen-bond acceptors (Lipinski definition) is 3. The standard InChI is InChI=1S/C22H22FNO2/c1-26-21-10-5-16(6-11-21)2-7-19-15-24-13-12-18(22(19)25)14-17-3-8-20(23)9-4-17/h2-11,14,19,24H,12-13,15H2,1H3. The van der Waals surface area contributed by atoms with Gasteiger partial charge in [-0.2, -0.15) is 0 Å². The van der Waals surface area contributed by atoms with E-state index in [-0.39, 0.29) is 17.5 Å². The molecule has 26 heavy (non-hydrogen) atoms. The van der Waals surface area contributed by atoms with Crippen LogP contribution in [0.25, 0.3) is 12.2 Å². The van der Waals surface area contributed by atoms with Crippen LogP contribution in [-0.2, 0) is 4.79 Å². The molecule has 1 atom stereocenters. The Morgan fingerprint density at radius 3 is 2.46 bits per heavy atom. The van der Waals surface area contributed by atoms with Crippen molar-refractivity contribution in [3.8, 4) is 5.75 Å². The molecule has 1 saturated heterocycles. The molecule has 0 aliphatic carbocycles. The number of benzene rings is 2. The normalized spacial score (nSPS) is 19.7. The van der Waals surface area contributed by atoms with Crippen LogP contribution in [0.4, 0.5) is 4.39 Å². The lowest BCUT2D eigenvalue weighted by atomic mass is 9.94. The highest BCUT2D eigenvalue weighted by atomic mass is 19.1. The Balaban J connectivity index is 1.77. The maximum absolute atomic E-state index is 13.1. The van der Waals surface area contributed by atoms with Gasteiger partial charge in [-0.15, -0.1) is 0 Å². The first-order valence-electron chi connectivity index (χ1n) is 8.69. The summed E-state index contributed by atoms with van der Waals surface area (Å²) < 4.78 is 18.2. The molecule has 0 spiro atoms. The number of halogens is 1. The van der Waals surface area contributed by atoms with Crippen molar-refractivity contribution >= 4 is 17.9 Å². The smallest absolute Gasteiger partial charge is 0.167 e. The number of hydrogen-bond donors (Lipinski definition) is 1. The summed E-state index contributed by atoms with van der Waals surface area (Å²) in [6.45, 7) is 1.37. The van der Waals surface area contributed by atoms with Gasteiger partial charge in [-0.3, -0.25) is 4.79 Å². The molecular weight excluding hydrogens is 329 g/mol. The Kier molecular flexibility index (Phi) is 5.97. The van der Waals surface area contributed by atoms with Crippen molar-refractivity contribution in [2.45, 2.75) is 6.42 Å². The highest BCUT2D eigenvalue weighted by Gasteiger charge is 2.22. The fraction of sp³-hybridized carbons (Fsp3) is 0.227. The number of nitrogens with one attached hydrogen (secondary N) is 1. The van der Waals surface area contributed by atoms with Crippen LogP contribution < -0.4 is 10.1 Å². The number of rotatable bonds is 4. The van der Waals surface area contributed by atoms with Crippen molar-refractivity contribution in [1.82, 2.24) is 5.32 Å². The molecule has 1 fully saturated rings. The molecule has 2 aromatic rings. The molecule has 0 aromatic heterocycles. The number of Topliss-reactive ketones (excluding diaryl/α,β-unsaturated/α-hetero) is 1. The molecule has 0 saturated carbocycles. The molecule has 1 N–H and O–H groups in total. The summed E-state index contributed by atoms with van der Waals surface area (Å²) in [7, 11) is 1.63. The van der Waals surface area contributed by atoms with Gasteiger partial charge in [0.15, 0.2) is 5.78 Å². The van der Waals surface area contributed by atoms with E-state index in [9.17, 15) is 9.18 Å². The molecule has 134 valence electrons. The SMILES string of the molecule is COc1ccc(C=CC2CNCCC(=Cc3ccc(F)cc3)C2=O)cc1. The third-order valence-corrected chi connectivity index (χ3v) is 4.44. The Labute approximate surface area is 153 Å². The topological polar surface area (TPSA) is 38.3 Å². The predicted molar refractivity (Wildman–Crippen MR) is 102 cm³/mol. The van der Waals surface area contributed by atoms with E-state index in [1.807, 2.05) is 42.5 Å². The maximum Gasteiger partial charge on any atom is 0.167 e. The fourth-order valence-electron chi connectivity index (χ4n) is 2.94. The molecule has 1 heterocycles. The molecule has 1 aliphatic rings. The number of ketones is 1. The van der Waals surface area contributed by atoms with E-state index < -0.39 is 0 Å². The van der Waals surface area contributed by atoms with Gasteiger partial charge in [-0.25, -0.2) is 4.39 Å². The molecule has 1 unspecified atom stereocenters. The zero-order valence-electron chi connectivity index (χ0n) is 14.7. The van der Waals surface area contributed by atoms with Gasteiger partial charge in [-0.05, 0) is 60.0 Å². The van der Waals surface area contributed by atoms with Gasteiger partial charge in [-0.1, -0.05) is 36.4 Å². The average Bonchev–Trinajstić information content (AvgIpc) is 2.84. The Bertz CT molecular complexity index is 807. The second-order valence-electron chi connectivity index (χ2n) is 6.28. The van der Waals surface area contributed by atoms with Gasteiger partial charge >= 0.3 is 0 Å². The lowest BCUT2D eigenvalue weighted by Gasteiger charge is -2.09. The van der Waals surface area contributed by atoms with Gasteiger partial charge in [0, 0.05) is 6.54 Å². The number of carbonyl (C=O) groups is 1. The largest absolute Gasteiger partial charge is 0.497 e. The van der Waals surface area contributed by atoms with Gasteiger partial charge in [0.1, 0.15) is 11.6 Å². The fourth-order valence-corrected chi connectivity index (χ4v) is 2.94. The predicted octanol–water partition coefficient (Wildman–Crippen LogP) is 4.11. The van der Waals surface area contributed by atoms with Crippen LogP contribution in [-0.4, -0.2) is 26.0 Å². The summed E-state index contributed by atoms with van der Waals surface area (Å²) in [5.41, 5.74) is 2.63. The van der Waals surface area contributed by atoms with Crippen molar-refractivity contribution in [3.63, 3.8) is 0 Å². The first-order valence-corrected chi connectivity index (χ1v) is 8.69. The number of carbonyl (C=O) groups excluding carboxylic acids is 1. The van der Waals surface area contributed by atoms with Crippen LogP contribution in [0.15, 0.2) is 60.2 Å². The van der Waals surface area contributed by atoms with Crippen molar-refractivity contribution in [2.24, 2.45) is 5.92 Å². The monoisotopic (exact) mass is 351 g/mol. The second kappa shape index (κ2) is 8.59. The molecule has 4 heteroatoms. The van der Waals surface area contributed by atoms with Crippen LogP contribution in [0.1, 0.15) is 17.5 Å². The van der Waals surface area contributed by atoms with Crippen LogP contribution >= 0.6 is 0 Å². The molecule has 3 rings (SSSR count). The molecule has 2 aromatic carbocycles. The summed E-state index contributed by atoms with van der Waals surface area (Å²) in [5, 5.41) is 3.31. The first-order chi connectivity index (χ1) is 12.7. The molecule has 0 radical (unpaired) electrons. The lowest BCUT2D eigenvalue weighted by molar-refractivity contribution is -0.117. The zero-order valence-corrected chi connectivity index (χ0v) is 14.7. The van der Waals surface area contributed by atoms with Crippen molar-refractivity contribution < 1.29 is 13.9 Å². The summed E-state index contributed by atoms with van der Waals surface area (Å²) in [5.74, 6) is 0.426. The van der Waals surface area contributed by atoms with E-state index in [0.717, 1.165) is 29.0 Å². The Hall–Kier alpha value is -2.72. The van der Waals surface area contributed by atoms with Crippen LogP contribution in [0, 0.1) is 11.7 Å². The Morgan fingerprint density at radius 2 is 1.77 bits per heavy atom. The van der Waals surface area contributed by atoms with E-state index in [1.54, 1.807) is 19.2 Å². The zero-order chi connectivity index (χ0) is 18.4. The minimum absolute atomic E-state index is 0.115. The Morgan fingerprint density at radius 1 is 1.08 bits per heavy atom. The highest BCUT2D eigenvalue weighted by Crippen LogP contribution is 2.20. The van der Waals surface area contributed by atoms with Crippen LogP contribution in [0.5, 0.6) is 5.75 Å². The van der Waals surface area contributed by atoms with Gasteiger partial charge < -0.3 is 10.1 Å². The third-order valence-electron chi connectivity index (χ3n) is 4.44. The lowest BCUT2D eigenvalue weighted by Crippen LogP contribution is -2.23. The van der Waals surface area contributed by atoms with E-state index in [1.165, 1.54) is 12.1 Å². The minimum Gasteiger partial charge on any atom is -0.497 e. The van der Waals surface area contributed by atoms with Crippen LogP contribution in [0.2, 0.25) is 0 Å². The molecule has 0 amide bonds. The summed E-state index contributed by atoms with van der Waals surface area (Å²) in [4.78, 5) is 12.9. The third kappa shape index (κ3) is 4.67. The van der Waals surface area contributed by atoms with E-state index in [4.69, 9.17) is 4.74 Å². The van der Waals surface area contributed by atoms with Crippen LogP contribution in [0.3, 0.4) is 0 Å². The average molecular weight is 351 g/mol. The van der Waals surface area contributed by atoms with Crippen molar-refractivity contribution in [1.29, 1.82) is 0 Å². The molecule has 3 nitrogen and oxygen atoms in total. The summed E-state index contributed by atoms with van der Waals surface area (Å²) in [6.07, 6.45) is 6.44. The van der Waals surface area contributed by atoms with Gasteiger partial charge in [0.2, 0.25) is 0 Å².